The summed E-state index contributed by atoms with van der Waals surface area (Å²) in [5, 5.41) is 23.5. The van der Waals surface area contributed by atoms with Crippen LogP contribution in [0.15, 0.2) is 11.6 Å². The van der Waals surface area contributed by atoms with Gasteiger partial charge in [0.25, 0.3) is 0 Å². The number of hydrogen-bond donors (Lipinski definition) is 4. The molecular weight excluding hydrogens is 260 g/mol. The minimum Gasteiger partial charge on any atom is -0.481 e. The van der Waals surface area contributed by atoms with Gasteiger partial charge >= 0.3 is 12.0 Å². The van der Waals surface area contributed by atoms with E-state index in [4.69, 9.17) is 5.11 Å². The normalized spacial score (nSPS) is 17.8. The number of carboxylic acid groups (broad SMARTS) is 1. The third kappa shape index (κ3) is 7.13. The zero-order valence-electron chi connectivity index (χ0n) is 11.9. The summed E-state index contributed by atoms with van der Waals surface area (Å²) in [4.78, 5) is 22.0. The zero-order valence-corrected chi connectivity index (χ0v) is 11.9. The molecule has 0 saturated heterocycles. The molecule has 0 bridgehead atoms. The Morgan fingerprint density at radius 3 is 2.70 bits per heavy atom. The molecule has 1 atom stereocenters. The molecule has 4 N–H and O–H groups in total. The maximum atomic E-state index is 11.5. The largest absolute Gasteiger partial charge is 0.481 e. The molecule has 0 heterocycles. The Balaban J connectivity index is 2.16. The zero-order chi connectivity index (χ0) is 15.0. The van der Waals surface area contributed by atoms with Gasteiger partial charge in [0, 0.05) is 13.1 Å². The fourth-order valence-corrected chi connectivity index (χ4v) is 2.19. The van der Waals surface area contributed by atoms with Gasteiger partial charge in [-0.05, 0) is 39.0 Å². The van der Waals surface area contributed by atoms with Crippen LogP contribution in [0.25, 0.3) is 0 Å². The SMILES string of the molecule is CC(O)(CNC(=O)NCCC1=CCCCC1)CC(=O)O. The summed E-state index contributed by atoms with van der Waals surface area (Å²) >= 11 is 0. The maximum absolute atomic E-state index is 11.5. The molecule has 1 aliphatic carbocycles. The molecule has 6 heteroatoms. The molecule has 1 rings (SSSR count). The predicted molar refractivity (Wildman–Crippen MR) is 75.4 cm³/mol. The lowest BCUT2D eigenvalue weighted by Crippen LogP contribution is -2.46. The minimum absolute atomic E-state index is 0.0895. The van der Waals surface area contributed by atoms with Gasteiger partial charge in [0.1, 0.15) is 0 Å². The number of carbonyl (C=O) groups is 2. The van der Waals surface area contributed by atoms with Crippen molar-refractivity contribution in [3.05, 3.63) is 11.6 Å². The van der Waals surface area contributed by atoms with Crippen molar-refractivity contribution < 1.29 is 19.8 Å². The third-order valence-electron chi connectivity index (χ3n) is 3.28. The van der Waals surface area contributed by atoms with Gasteiger partial charge in [-0.15, -0.1) is 0 Å². The highest BCUT2D eigenvalue weighted by Crippen LogP contribution is 2.19. The van der Waals surface area contributed by atoms with E-state index >= 15 is 0 Å². The second kappa shape index (κ2) is 7.89. The first kappa shape index (κ1) is 16.5. The molecule has 0 aliphatic heterocycles. The van der Waals surface area contributed by atoms with Crippen LogP contribution in [0.3, 0.4) is 0 Å². The van der Waals surface area contributed by atoms with Crippen molar-refractivity contribution in [1.29, 1.82) is 0 Å². The molecule has 0 radical (unpaired) electrons. The van der Waals surface area contributed by atoms with Crippen molar-refractivity contribution in [2.75, 3.05) is 13.1 Å². The Morgan fingerprint density at radius 1 is 1.35 bits per heavy atom. The van der Waals surface area contributed by atoms with Crippen molar-refractivity contribution in [3.63, 3.8) is 0 Å². The van der Waals surface area contributed by atoms with E-state index in [0.717, 1.165) is 19.3 Å². The molecular formula is C14H24N2O4. The molecule has 6 nitrogen and oxygen atoms in total. The molecule has 2 amide bonds. The molecule has 0 aromatic carbocycles. The average molecular weight is 284 g/mol. The molecule has 0 fully saturated rings. The third-order valence-corrected chi connectivity index (χ3v) is 3.28. The fraction of sp³-hybridized carbons (Fsp3) is 0.714. The van der Waals surface area contributed by atoms with Crippen LogP contribution in [0.1, 0.15) is 45.4 Å². The van der Waals surface area contributed by atoms with Gasteiger partial charge in [-0.3, -0.25) is 4.79 Å². The summed E-state index contributed by atoms with van der Waals surface area (Å²) in [5.41, 5.74) is -0.0517. The molecule has 0 aromatic heterocycles. The number of carbonyl (C=O) groups excluding carboxylic acids is 1. The van der Waals surface area contributed by atoms with Crippen LogP contribution in [0.5, 0.6) is 0 Å². The number of rotatable bonds is 7. The van der Waals surface area contributed by atoms with E-state index in [2.05, 4.69) is 16.7 Å². The molecule has 1 aliphatic rings. The van der Waals surface area contributed by atoms with Gasteiger partial charge in [-0.1, -0.05) is 11.6 Å². The molecule has 1 unspecified atom stereocenters. The maximum Gasteiger partial charge on any atom is 0.314 e. The Hall–Kier alpha value is -1.56. The second-order valence-electron chi connectivity index (χ2n) is 5.54. The smallest absolute Gasteiger partial charge is 0.314 e. The quantitative estimate of drug-likeness (QED) is 0.531. The van der Waals surface area contributed by atoms with E-state index in [-0.39, 0.29) is 12.6 Å². The number of nitrogens with one attached hydrogen (secondary N) is 2. The molecule has 0 aromatic rings. The number of urea groups is 1. The van der Waals surface area contributed by atoms with Crippen molar-refractivity contribution in [2.24, 2.45) is 0 Å². The Labute approximate surface area is 119 Å². The van der Waals surface area contributed by atoms with Gasteiger partial charge in [-0.2, -0.15) is 0 Å². The fourth-order valence-electron chi connectivity index (χ4n) is 2.19. The Bertz CT molecular complexity index is 377. The molecule has 0 spiro atoms. The number of aliphatic hydroxyl groups is 1. The first-order valence-electron chi connectivity index (χ1n) is 7.03. The summed E-state index contributed by atoms with van der Waals surface area (Å²) < 4.78 is 0. The summed E-state index contributed by atoms with van der Waals surface area (Å²) in [6.45, 7) is 1.85. The summed E-state index contributed by atoms with van der Waals surface area (Å²) in [5.74, 6) is -1.10. The summed E-state index contributed by atoms with van der Waals surface area (Å²) in [6, 6.07) is -0.382. The van der Waals surface area contributed by atoms with E-state index in [9.17, 15) is 14.7 Å². The highest BCUT2D eigenvalue weighted by atomic mass is 16.4. The lowest BCUT2D eigenvalue weighted by atomic mass is 9.97. The van der Waals surface area contributed by atoms with Crippen LogP contribution in [-0.4, -0.2) is 40.9 Å². The topological polar surface area (TPSA) is 98.7 Å². The van der Waals surface area contributed by atoms with Crippen LogP contribution in [-0.2, 0) is 4.79 Å². The minimum atomic E-state index is -1.44. The Morgan fingerprint density at radius 2 is 2.10 bits per heavy atom. The highest BCUT2D eigenvalue weighted by Gasteiger charge is 2.24. The van der Waals surface area contributed by atoms with Crippen molar-refractivity contribution in [3.8, 4) is 0 Å². The van der Waals surface area contributed by atoms with Gasteiger partial charge < -0.3 is 20.8 Å². The van der Waals surface area contributed by atoms with Crippen LogP contribution >= 0.6 is 0 Å². The number of allylic oxidation sites excluding steroid dienone is 1. The highest BCUT2D eigenvalue weighted by molar-refractivity contribution is 5.74. The molecule has 20 heavy (non-hydrogen) atoms. The monoisotopic (exact) mass is 284 g/mol. The van der Waals surface area contributed by atoms with Crippen molar-refractivity contribution in [2.45, 2.75) is 51.0 Å². The van der Waals surface area contributed by atoms with E-state index in [1.165, 1.54) is 25.3 Å². The van der Waals surface area contributed by atoms with E-state index in [1.807, 2.05) is 0 Å². The summed E-state index contributed by atoms with van der Waals surface area (Å²) in [7, 11) is 0. The van der Waals surface area contributed by atoms with Crippen molar-refractivity contribution in [1.82, 2.24) is 10.6 Å². The number of carboxylic acids is 1. The van der Waals surface area contributed by atoms with Gasteiger partial charge in [0.2, 0.25) is 0 Å². The first-order valence-corrected chi connectivity index (χ1v) is 7.03. The van der Waals surface area contributed by atoms with Gasteiger partial charge in [0.15, 0.2) is 0 Å². The lowest BCUT2D eigenvalue weighted by molar-refractivity contribution is -0.141. The summed E-state index contributed by atoms with van der Waals surface area (Å²) in [6.07, 6.45) is 7.38. The van der Waals surface area contributed by atoms with Crippen molar-refractivity contribution >= 4 is 12.0 Å². The number of aliphatic carboxylic acids is 1. The molecule has 114 valence electrons. The van der Waals surface area contributed by atoms with Crippen LogP contribution < -0.4 is 10.6 Å². The first-order chi connectivity index (χ1) is 9.39. The second-order valence-corrected chi connectivity index (χ2v) is 5.54. The number of hydrogen-bond acceptors (Lipinski definition) is 3. The van der Waals surface area contributed by atoms with Crippen LogP contribution in [0, 0.1) is 0 Å². The van der Waals surface area contributed by atoms with E-state index in [1.54, 1.807) is 0 Å². The standard InChI is InChI=1S/C14H24N2O4/c1-14(20,9-12(17)18)10-16-13(19)15-8-7-11-5-3-2-4-6-11/h5,20H,2-4,6-10H2,1H3,(H,17,18)(H2,15,16,19). The van der Waals surface area contributed by atoms with Gasteiger partial charge in [0.05, 0.1) is 12.0 Å². The van der Waals surface area contributed by atoms with E-state index in [0.29, 0.717) is 6.54 Å². The Kier molecular flexibility index (Phi) is 6.51. The van der Waals surface area contributed by atoms with Gasteiger partial charge in [-0.25, -0.2) is 4.79 Å². The van der Waals surface area contributed by atoms with E-state index < -0.39 is 18.0 Å². The number of amides is 2. The van der Waals surface area contributed by atoms with Crippen LogP contribution in [0.4, 0.5) is 4.79 Å². The lowest BCUT2D eigenvalue weighted by Gasteiger charge is -2.21. The predicted octanol–water partition coefficient (Wildman–Crippen LogP) is 1.40. The average Bonchev–Trinajstić information content (AvgIpc) is 2.36. The molecule has 0 saturated carbocycles. The van der Waals surface area contributed by atoms with Crippen LogP contribution in [0.2, 0.25) is 0 Å².